The van der Waals surface area contributed by atoms with Gasteiger partial charge in [-0.05, 0) is 26.3 Å². The summed E-state index contributed by atoms with van der Waals surface area (Å²) in [7, 11) is 0. The van der Waals surface area contributed by atoms with Crippen LogP contribution in [-0.2, 0) is 0 Å². The molecule has 0 spiro atoms. The monoisotopic (exact) mass is 297 g/mol. The van der Waals surface area contributed by atoms with Crippen LogP contribution < -0.4 is 5.32 Å². The van der Waals surface area contributed by atoms with Crippen molar-refractivity contribution in [3.05, 3.63) is 38.6 Å². The van der Waals surface area contributed by atoms with Gasteiger partial charge in [-0.15, -0.1) is 11.3 Å². The fourth-order valence-corrected chi connectivity index (χ4v) is 2.94. The number of aromatic amines is 1. The first-order valence-electron chi connectivity index (χ1n) is 6.10. The number of hydrogen-bond acceptors (Lipinski definition) is 3. The molecular formula is C13H16ClN3OS. The SMILES string of the molecule is CC[C@H](NC(=O)c1cc(Cl)c[nH]1)c1nc(C)c(C)s1. The topological polar surface area (TPSA) is 57.8 Å². The van der Waals surface area contributed by atoms with Gasteiger partial charge in [0, 0.05) is 11.1 Å². The molecule has 4 nitrogen and oxygen atoms in total. The maximum Gasteiger partial charge on any atom is 0.268 e. The van der Waals surface area contributed by atoms with E-state index in [1.165, 1.54) is 4.88 Å². The summed E-state index contributed by atoms with van der Waals surface area (Å²) < 4.78 is 0. The molecule has 0 aromatic carbocycles. The van der Waals surface area contributed by atoms with Crippen LogP contribution in [0, 0.1) is 13.8 Å². The molecule has 0 fully saturated rings. The van der Waals surface area contributed by atoms with Crippen molar-refractivity contribution in [2.24, 2.45) is 0 Å². The second kappa shape index (κ2) is 5.75. The van der Waals surface area contributed by atoms with E-state index in [-0.39, 0.29) is 11.9 Å². The molecule has 2 heterocycles. The van der Waals surface area contributed by atoms with E-state index in [1.54, 1.807) is 23.6 Å². The average molecular weight is 298 g/mol. The van der Waals surface area contributed by atoms with Crippen molar-refractivity contribution in [2.75, 3.05) is 0 Å². The summed E-state index contributed by atoms with van der Waals surface area (Å²) in [6.45, 7) is 6.04. The van der Waals surface area contributed by atoms with E-state index >= 15 is 0 Å². The normalized spacial score (nSPS) is 12.4. The number of H-pyrrole nitrogens is 1. The van der Waals surface area contributed by atoms with Crippen LogP contribution in [0.15, 0.2) is 12.3 Å². The Morgan fingerprint density at radius 2 is 2.32 bits per heavy atom. The molecule has 0 aliphatic carbocycles. The number of thiazole rings is 1. The first-order chi connectivity index (χ1) is 9.01. The Labute approximate surface area is 121 Å². The zero-order valence-corrected chi connectivity index (χ0v) is 12.7. The predicted molar refractivity (Wildman–Crippen MR) is 77.9 cm³/mol. The number of rotatable bonds is 4. The van der Waals surface area contributed by atoms with Crippen LogP contribution in [0.5, 0.6) is 0 Å². The Hall–Kier alpha value is -1.33. The van der Waals surface area contributed by atoms with E-state index in [0.717, 1.165) is 17.1 Å². The predicted octanol–water partition coefficient (Wildman–Crippen LogP) is 3.62. The smallest absolute Gasteiger partial charge is 0.268 e. The average Bonchev–Trinajstić information content (AvgIpc) is 2.93. The fraction of sp³-hybridized carbons (Fsp3) is 0.385. The molecule has 0 radical (unpaired) electrons. The minimum atomic E-state index is -0.163. The van der Waals surface area contributed by atoms with Crippen LogP contribution in [0.25, 0.3) is 0 Å². The third kappa shape index (κ3) is 3.16. The second-order valence-electron chi connectivity index (χ2n) is 4.36. The lowest BCUT2D eigenvalue weighted by atomic mass is 10.2. The Kier molecular flexibility index (Phi) is 4.27. The lowest BCUT2D eigenvalue weighted by molar-refractivity contribution is 0.0931. The maximum atomic E-state index is 12.1. The zero-order chi connectivity index (χ0) is 14.0. The highest BCUT2D eigenvalue weighted by atomic mass is 35.5. The van der Waals surface area contributed by atoms with Gasteiger partial charge in [0.2, 0.25) is 0 Å². The highest BCUT2D eigenvalue weighted by Gasteiger charge is 2.18. The van der Waals surface area contributed by atoms with Crippen molar-refractivity contribution in [1.29, 1.82) is 0 Å². The lowest BCUT2D eigenvalue weighted by Gasteiger charge is -2.13. The van der Waals surface area contributed by atoms with Gasteiger partial charge in [-0.2, -0.15) is 0 Å². The third-order valence-electron chi connectivity index (χ3n) is 2.95. The fourth-order valence-electron chi connectivity index (χ4n) is 1.72. The van der Waals surface area contributed by atoms with Gasteiger partial charge in [-0.3, -0.25) is 4.79 Å². The minimum Gasteiger partial charge on any atom is -0.356 e. The van der Waals surface area contributed by atoms with E-state index in [2.05, 4.69) is 15.3 Å². The molecular weight excluding hydrogens is 282 g/mol. The van der Waals surface area contributed by atoms with Crippen molar-refractivity contribution in [1.82, 2.24) is 15.3 Å². The van der Waals surface area contributed by atoms with Crippen LogP contribution in [0.1, 0.15) is 45.5 Å². The van der Waals surface area contributed by atoms with E-state index in [0.29, 0.717) is 10.7 Å². The van der Waals surface area contributed by atoms with Crippen molar-refractivity contribution in [3.8, 4) is 0 Å². The molecule has 0 aliphatic rings. The van der Waals surface area contributed by atoms with Crippen LogP contribution >= 0.6 is 22.9 Å². The molecule has 1 amide bonds. The Bertz CT molecular complexity index is 571. The number of carbonyl (C=O) groups is 1. The number of aryl methyl sites for hydroxylation is 2. The van der Waals surface area contributed by atoms with Gasteiger partial charge in [-0.1, -0.05) is 18.5 Å². The van der Waals surface area contributed by atoms with Crippen molar-refractivity contribution in [2.45, 2.75) is 33.2 Å². The zero-order valence-electron chi connectivity index (χ0n) is 11.1. The number of nitrogens with one attached hydrogen (secondary N) is 2. The van der Waals surface area contributed by atoms with Gasteiger partial charge in [0.15, 0.2) is 0 Å². The van der Waals surface area contributed by atoms with Crippen LogP contribution in [-0.4, -0.2) is 15.9 Å². The number of amides is 1. The molecule has 6 heteroatoms. The van der Waals surface area contributed by atoms with Gasteiger partial charge in [-0.25, -0.2) is 4.98 Å². The van der Waals surface area contributed by atoms with E-state index in [1.807, 2.05) is 20.8 Å². The maximum absolute atomic E-state index is 12.1. The summed E-state index contributed by atoms with van der Waals surface area (Å²) in [4.78, 5) is 20.6. The lowest BCUT2D eigenvalue weighted by Crippen LogP contribution is -2.28. The molecule has 0 saturated carbocycles. The Morgan fingerprint density at radius 3 is 2.79 bits per heavy atom. The van der Waals surface area contributed by atoms with Crippen molar-refractivity contribution < 1.29 is 4.79 Å². The van der Waals surface area contributed by atoms with Gasteiger partial charge in [0.25, 0.3) is 5.91 Å². The molecule has 0 bridgehead atoms. The summed E-state index contributed by atoms with van der Waals surface area (Å²) >= 11 is 7.42. The number of hydrogen-bond donors (Lipinski definition) is 2. The van der Waals surface area contributed by atoms with Crippen LogP contribution in [0.4, 0.5) is 0 Å². The summed E-state index contributed by atoms with van der Waals surface area (Å²) in [5, 5.41) is 4.45. The molecule has 102 valence electrons. The Balaban J connectivity index is 2.13. The van der Waals surface area contributed by atoms with Crippen LogP contribution in [0.3, 0.4) is 0 Å². The molecule has 1 atom stereocenters. The molecule has 0 aliphatic heterocycles. The quantitative estimate of drug-likeness (QED) is 0.905. The van der Waals surface area contributed by atoms with Gasteiger partial charge < -0.3 is 10.3 Å². The molecule has 2 aromatic heterocycles. The van der Waals surface area contributed by atoms with Crippen LogP contribution in [0.2, 0.25) is 5.02 Å². The molecule has 0 unspecified atom stereocenters. The number of nitrogens with zero attached hydrogens (tertiary/aromatic N) is 1. The number of carbonyl (C=O) groups excluding carboxylic acids is 1. The highest BCUT2D eigenvalue weighted by Crippen LogP contribution is 2.25. The number of aromatic nitrogens is 2. The van der Waals surface area contributed by atoms with E-state index in [4.69, 9.17) is 11.6 Å². The molecule has 0 saturated heterocycles. The minimum absolute atomic E-state index is 0.0630. The first-order valence-corrected chi connectivity index (χ1v) is 7.29. The number of halogens is 1. The standard InChI is InChI=1S/C13H16ClN3OS/c1-4-10(13-16-7(2)8(3)19-13)17-12(18)11-5-9(14)6-15-11/h5-6,10,15H,4H2,1-3H3,(H,17,18)/t10-/m0/s1. The van der Waals surface area contributed by atoms with E-state index in [9.17, 15) is 4.79 Å². The highest BCUT2D eigenvalue weighted by molar-refractivity contribution is 7.11. The molecule has 2 N–H and O–H groups in total. The summed E-state index contributed by atoms with van der Waals surface area (Å²) in [5.74, 6) is -0.163. The van der Waals surface area contributed by atoms with Gasteiger partial charge >= 0.3 is 0 Å². The first kappa shape index (κ1) is 14.1. The van der Waals surface area contributed by atoms with Crippen molar-refractivity contribution >= 4 is 28.8 Å². The summed E-state index contributed by atoms with van der Waals surface area (Å²) in [6, 6.07) is 1.55. The molecule has 19 heavy (non-hydrogen) atoms. The summed E-state index contributed by atoms with van der Waals surface area (Å²) in [5.41, 5.74) is 1.49. The second-order valence-corrected chi connectivity index (χ2v) is 6.03. The summed E-state index contributed by atoms with van der Waals surface area (Å²) in [6.07, 6.45) is 2.39. The molecule has 2 aromatic rings. The Morgan fingerprint density at radius 1 is 1.58 bits per heavy atom. The van der Waals surface area contributed by atoms with Crippen molar-refractivity contribution in [3.63, 3.8) is 0 Å². The van der Waals surface area contributed by atoms with Gasteiger partial charge in [0.1, 0.15) is 10.7 Å². The largest absolute Gasteiger partial charge is 0.356 e. The third-order valence-corrected chi connectivity index (χ3v) is 4.35. The molecule has 2 rings (SSSR count). The van der Waals surface area contributed by atoms with E-state index < -0.39 is 0 Å². The van der Waals surface area contributed by atoms with Gasteiger partial charge in [0.05, 0.1) is 16.8 Å².